The summed E-state index contributed by atoms with van der Waals surface area (Å²) in [5.41, 5.74) is 3.93. The molecule has 0 saturated heterocycles. The van der Waals surface area contributed by atoms with E-state index in [0.29, 0.717) is 12.5 Å². The number of carboxylic acids is 1. The van der Waals surface area contributed by atoms with Gasteiger partial charge in [0.1, 0.15) is 0 Å². The van der Waals surface area contributed by atoms with Crippen molar-refractivity contribution in [1.29, 1.82) is 0 Å². The summed E-state index contributed by atoms with van der Waals surface area (Å²) >= 11 is 0. The molecule has 0 amide bonds. The second-order valence-electron chi connectivity index (χ2n) is 5.28. The van der Waals surface area contributed by atoms with E-state index in [2.05, 4.69) is 23.9 Å². The first-order valence-corrected chi connectivity index (χ1v) is 7.00. The Morgan fingerprint density at radius 1 is 1.45 bits per heavy atom. The van der Waals surface area contributed by atoms with Crippen molar-refractivity contribution in [2.75, 3.05) is 0 Å². The fourth-order valence-corrected chi connectivity index (χ4v) is 2.49. The largest absolute Gasteiger partial charge is 0.481 e. The molecular weight excluding hydrogens is 254 g/mol. The van der Waals surface area contributed by atoms with Gasteiger partial charge in [-0.15, -0.1) is 0 Å². The van der Waals surface area contributed by atoms with Crippen LogP contribution in [0.15, 0.2) is 6.20 Å². The van der Waals surface area contributed by atoms with Gasteiger partial charge in [-0.3, -0.25) is 4.79 Å². The zero-order valence-electron chi connectivity index (χ0n) is 12.5. The highest BCUT2D eigenvalue weighted by Gasteiger charge is 2.16. The molecule has 0 bridgehead atoms. The van der Waals surface area contributed by atoms with Gasteiger partial charge in [0.15, 0.2) is 5.65 Å². The van der Waals surface area contributed by atoms with Gasteiger partial charge in [-0.2, -0.15) is 5.10 Å². The van der Waals surface area contributed by atoms with Gasteiger partial charge >= 0.3 is 5.97 Å². The number of fused-ring (bicyclic) bond motifs is 1. The van der Waals surface area contributed by atoms with Gasteiger partial charge in [-0.25, -0.2) is 9.67 Å². The monoisotopic (exact) mass is 275 g/mol. The number of hydrogen-bond donors (Lipinski definition) is 1. The second-order valence-corrected chi connectivity index (χ2v) is 5.28. The van der Waals surface area contributed by atoms with Crippen LogP contribution in [0.5, 0.6) is 0 Å². The highest BCUT2D eigenvalue weighted by atomic mass is 16.4. The summed E-state index contributed by atoms with van der Waals surface area (Å²) in [5, 5.41) is 14.3. The molecule has 2 rings (SSSR count). The van der Waals surface area contributed by atoms with Gasteiger partial charge in [0, 0.05) is 17.5 Å². The Hall–Kier alpha value is -1.91. The van der Waals surface area contributed by atoms with E-state index in [9.17, 15) is 4.79 Å². The van der Waals surface area contributed by atoms with E-state index in [1.807, 2.05) is 24.7 Å². The van der Waals surface area contributed by atoms with Crippen molar-refractivity contribution in [3.63, 3.8) is 0 Å². The van der Waals surface area contributed by atoms with E-state index >= 15 is 0 Å². The van der Waals surface area contributed by atoms with E-state index in [1.165, 1.54) is 0 Å². The van der Waals surface area contributed by atoms with E-state index < -0.39 is 5.97 Å². The lowest BCUT2D eigenvalue weighted by Crippen LogP contribution is -2.08. The molecule has 1 unspecified atom stereocenters. The summed E-state index contributed by atoms with van der Waals surface area (Å²) in [5.74, 6) is -0.779. The highest BCUT2D eigenvalue weighted by molar-refractivity contribution is 5.80. The fraction of sp³-hybridized carbons (Fsp3) is 0.533. The van der Waals surface area contributed by atoms with Crippen molar-refractivity contribution < 1.29 is 9.90 Å². The Labute approximate surface area is 118 Å². The zero-order chi connectivity index (χ0) is 14.9. The van der Waals surface area contributed by atoms with Crippen molar-refractivity contribution in [3.05, 3.63) is 23.0 Å². The molecule has 5 heteroatoms. The van der Waals surface area contributed by atoms with Crippen LogP contribution in [0.2, 0.25) is 0 Å². The Balaban J connectivity index is 2.51. The summed E-state index contributed by atoms with van der Waals surface area (Å²) in [4.78, 5) is 15.4. The number of pyridine rings is 1. The smallest absolute Gasteiger partial charge is 0.303 e. The minimum atomic E-state index is -0.779. The quantitative estimate of drug-likeness (QED) is 0.910. The number of aryl methyl sites for hydroxylation is 2. The van der Waals surface area contributed by atoms with Crippen molar-refractivity contribution in [2.24, 2.45) is 0 Å². The van der Waals surface area contributed by atoms with Crippen LogP contribution in [-0.4, -0.2) is 25.8 Å². The van der Waals surface area contributed by atoms with Crippen molar-refractivity contribution in [3.8, 4) is 0 Å². The lowest BCUT2D eigenvalue weighted by molar-refractivity contribution is -0.136. The van der Waals surface area contributed by atoms with Gasteiger partial charge in [0.2, 0.25) is 0 Å². The predicted molar refractivity (Wildman–Crippen MR) is 78.0 cm³/mol. The number of carboxylic acid groups (broad SMARTS) is 1. The normalized spacial score (nSPS) is 12.8. The summed E-state index contributed by atoms with van der Waals surface area (Å²) in [6.07, 6.45) is 3.49. The molecule has 0 radical (unpaired) electrons. The standard InChI is InChI=1S/C15H21N3O2/c1-5-9(2)18-15-13(8-16-18)10(3)12(11(4)17-15)6-7-14(19)20/h8-9H,5-7H2,1-4H3,(H,19,20). The number of nitrogens with zero attached hydrogens (tertiary/aromatic N) is 3. The molecule has 2 aromatic rings. The Morgan fingerprint density at radius 3 is 2.75 bits per heavy atom. The molecule has 0 saturated carbocycles. The highest BCUT2D eigenvalue weighted by Crippen LogP contribution is 2.25. The van der Waals surface area contributed by atoms with Crippen LogP contribution >= 0.6 is 0 Å². The first kappa shape index (κ1) is 14.5. The van der Waals surface area contributed by atoms with E-state index in [1.54, 1.807) is 0 Å². The number of carbonyl (C=O) groups is 1. The third-order valence-corrected chi connectivity index (χ3v) is 3.93. The molecule has 0 aliphatic carbocycles. The van der Waals surface area contributed by atoms with E-state index in [4.69, 9.17) is 5.11 Å². The summed E-state index contributed by atoms with van der Waals surface area (Å²) < 4.78 is 1.95. The van der Waals surface area contributed by atoms with Crippen LogP contribution in [0.4, 0.5) is 0 Å². The molecule has 108 valence electrons. The lowest BCUT2D eigenvalue weighted by atomic mass is 10.0. The first-order valence-electron chi connectivity index (χ1n) is 7.00. The van der Waals surface area contributed by atoms with E-state index in [-0.39, 0.29) is 6.42 Å². The maximum absolute atomic E-state index is 10.8. The number of hydrogen-bond acceptors (Lipinski definition) is 3. The van der Waals surface area contributed by atoms with Gasteiger partial charge in [0.25, 0.3) is 0 Å². The maximum atomic E-state index is 10.8. The molecule has 1 atom stereocenters. The number of rotatable bonds is 5. The van der Waals surface area contributed by atoms with Gasteiger partial charge < -0.3 is 5.11 Å². The second kappa shape index (κ2) is 5.61. The third-order valence-electron chi connectivity index (χ3n) is 3.93. The summed E-state index contributed by atoms with van der Waals surface area (Å²) in [6, 6.07) is 0.309. The van der Waals surface area contributed by atoms with Crippen molar-refractivity contribution in [2.45, 2.75) is 53.0 Å². The average molecular weight is 275 g/mol. The number of aromatic nitrogens is 3. The minimum absolute atomic E-state index is 0.133. The predicted octanol–water partition coefficient (Wildman–Crippen LogP) is 3.04. The summed E-state index contributed by atoms with van der Waals surface area (Å²) in [7, 11) is 0. The van der Waals surface area contributed by atoms with Crippen molar-refractivity contribution >= 4 is 17.0 Å². The molecule has 0 spiro atoms. The molecule has 0 aliphatic heterocycles. The van der Waals surface area contributed by atoms with Gasteiger partial charge in [-0.1, -0.05) is 6.92 Å². The van der Waals surface area contributed by atoms with Gasteiger partial charge in [0.05, 0.1) is 12.2 Å². The number of aliphatic carboxylic acids is 1. The van der Waals surface area contributed by atoms with Crippen molar-refractivity contribution in [1.82, 2.24) is 14.8 Å². The SMILES string of the molecule is CCC(C)n1ncc2c(C)c(CCC(=O)O)c(C)nc21. The van der Waals surface area contributed by atoms with Crippen LogP contribution in [0, 0.1) is 13.8 Å². The summed E-state index contributed by atoms with van der Waals surface area (Å²) in [6.45, 7) is 8.21. The van der Waals surface area contributed by atoms with Crippen LogP contribution in [0.25, 0.3) is 11.0 Å². The maximum Gasteiger partial charge on any atom is 0.303 e. The molecule has 1 N–H and O–H groups in total. The average Bonchev–Trinajstić information content (AvgIpc) is 2.81. The minimum Gasteiger partial charge on any atom is -0.481 e. The molecule has 2 heterocycles. The topological polar surface area (TPSA) is 68.0 Å². The zero-order valence-corrected chi connectivity index (χ0v) is 12.5. The molecular formula is C15H21N3O2. The third kappa shape index (κ3) is 2.53. The van der Waals surface area contributed by atoms with Gasteiger partial charge in [-0.05, 0) is 44.7 Å². The lowest BCUT2D eigenvalue weighted by Gasteiger charge is -2.13. The molecule has 0 aromatic carbocycles. The van der Waals surface area contributed by atoms with Crippen LogP contribution < -0.4 is 0 Å². The van der Waals surface area contributed by atoms with Crippen LogP contribution in [0.3, 0.4) is 0 Å². The molecule has 0 aliphatic rings. The van der Waals surface area contributed by atoms with E-state index in [0.717, 1.165) is 34.3 Å². The van der Waals surface area contributed by atoms with Crippen LogP contribution in [0.1, 0.15) is 49.6 Å². The molecule has 20 heavy (non-hydrogen) atoms. The fourth-order valence-electron chi connectivity index (χ4n) is 2.49. The Bertz CT molecular complexity index is 646. The molecule has 5 nitrogen and oxygen atoms in total. The Morgan fingerprint density at radius 2 is 2.15 bits per heavy atom. The molecule has 0 fully saturated rings. The first-order chi connectivity index (χ1) is 9.45. The molecule has 2 aromatic heterocycles. The Kier molecular flexibility index (Phi) is 4.06. The van der Waals surface area contributed by atoms with Crippen LogP contribution in [-0.2, 0) is 11.2 Å².